The van der Waals surface area contributed by atoms with Crippen molar-refractivity contribution in [2.75, 3.05) is 0 Å². The highest BCUT2D eigenvalue weighted by atomic mass is 16.3. The fraction of sp³-hybridized carbons (Fsp3) is 0.600. The standard InChI is InChI=1S/C15H20O/c1-3-12-8-11-9-13(16)7-10(2)14(11)15(12)5-4-6-15/h7,9,12,16H,3-6,8H2,1-2H3. The molecule has 1 unspecified atom stereocenters. The van der Waals surface area contributed by atoms with Gasteiger partial charge in [-0.05, 0) is 66.3 Å². The van der Waals surface area contributed by atoms with Crippen LogP contribution in [0, 0.1) is 12.8 Å². The molecule has 0 bridgehead atoms. The minimum Gasteiger partial charge on any atom is -0.508 e. The second-order valence-corrected chi connectivity index (χ2v) is 5.62. The molecule has 1 aromatic carbocycles. The number of phenols is 1. The zero-order valence-corrected chi connectivity index (χ0v) is 10.2. The highest BCUT2D eigenvalue weighted by molar-refractivity contribution is 5.51. The number of benzene rings is 1. The Morgan fingerprint density at radius 3 is 2.69 bits per heavy atom. The summed E-state index contributed by atoms with van der Waals surface area (Å²) in [5.41, 5.74) is 4.81. The van der Waals surface area contributed by atoms with Crippen molar-refractivity contribution in [2.45, 2.75) is 51.4 Å². The van der Waals surface area contributed by atoms with Crippen LogP contribution >= 0.6 is 0 Å². The van der Waals surface area contributed by atoms with Gasteiger partial charge in [0.2, 0.25) is 0 Å². The van der Waals surface area contributed by atoms with Crippen LogP contribution in [0.4, 0.5) is 0 Å². The van der Waals surface area contributed by atoms with E-state index >= 15 is 0 Å². The average Bonchev–Trinajstić information content (AvgIpc) is 2.50. The maximum absolute atomic E-state index is 9.70. The van der Waals surface area contributed by atoms with E-state index in [9.17, 15) is 5.11 Å². The summed E-state index contributed by atoms with van der Waals surface area (Å²) in [4.78, 5) is 0. The average molecular weight is 216 g/mol. The van der Waals surface area contributed by atoms with Gasteiger partial charge >= 0.3 is 0 Å². The summed E-state index contributed by atoms with van der Waals surface area (Å²) in [6.45, 7) is 4.47. The van der Waals surface area contributed by atoms with Gasteiger partial charge in [-0.25, -0.2) is 0 Å². The van der Waals surface area contributed by atoms with Crippen LogP contribution < -0.4 is 0 Å². The molecule has 0 heterocycles. The molecule has 1 N–H and O–H groups in total. The van der Waals surface area contributed by atoms with Crippen LogP contribution in [0.2, 0.25) is 0 Å². The Kier molecular flexibility index (Phi) is 2.07. The summed E-state index contributed by atoms with van der Waals surface area (Å²) in [7, 11) is 0. The second-order valence-electron chi connectivity index (χ2n) is 5.62. The molecule has 1 spiro atoms. The largest absolute Gasteiger partial charge is 0.508 e. The first kappa shape index (κ1) is 10.2. The first-order chi connectivity index (χ1) is 7.67. The molecule has 0 saturated heterocycles. The van der Waals surface area contributed by atoms with Crippen molar-refractivity contribution in [3.63, 3.8) is 0 Å². The summed E-state index contributed by atoms with van der Waals surface area (Å²) in [6.07, 6.45) is 6.57. The highest BCUT2D eigenvalue weighted by Gasteiger charge is 2.50. The van der Waals surface area contributed by atoms with Crippen molar-refractivity contribution in [2.24, 2.45) is 5.92 Å². The monoisotopic (exact) mass is 216 g/mol. The normalized spacial score (nSPS) is 25.5. The summed E-state index contributed by atoms with van der Waals surface area (Å²) < 4.78 is 0. The molecule has 1 saturated carbocycles. The lowest BCUT2D eigenvalue weighted by molar-refractivity contribution is 0.159. The second kappa shape index (κ2) is 3.26. The Morgan fingerprint density at radius 1 is 1.38 bits per heavy atom. The van der Waals surface area contributed by atoms with E-state index in [0.29, 0.717) is 11.2 Å². The van der Waals surface area contributed by atoms with Gasteiger partial charge in [-0.15, -0.1) is 0 Å². The molecule has 0 radical (unpaired) electrons. The van der Waals surface area contributed by atoms with Gasteiger partial charge in [0.1, 0.15) is 5.75 Å². The van der Waals surface area contributed by atoms with E-state index < -0.39 is 0 Å². The van der Waals surface area contributed by atoms with Crippen molar-refractivity contribution >= 4 is 0 Å². The highest BCUT2D eigenvalue weighted by Crippen LogP contribution is 2.58. The lowest BCUT2D eigenvalue weighted by atomic mass is 9.59. The number of aryl methyl sites for hydroxylation is 1. The molecular formula is C15H20O. The van der Waals surface area contributed by atoms with Crippen LogP contribution in [-0.4, -0.2) is 5.11 Å². The van der Waals surface area contributed by atoms with Crippen molar-refractivity contribution in [1.29, 1.82) is 0 Å². The fourth-order valence-corrected chi connectivity index (χ4v) is 4.13. The Balaban J connectivity index is 2.16. The molecule has 0 amide bonds. The van der Waals surface area contributed by atoms with Gasteiger partial charge < -0.3 is 5.11 Å². The number of aromatic hydroxyl groups is 1. The third kappa shape index (κ3) is 1.12. The van der Waals surface area contributed by atoms with Crippen LogP contribution in [-0.2, 0) is 11.8 Å². The zero-order valence-electron chi connectivity index (χ0n) is 10.2. The van der Waals surface area contributed by atoms with Crippen molar-refractivity contribution in [3.05, 3.63) is 28.8 Å². The molecule has 2 aliphatic rings. The van der Waals surface area contributed by atoms with E-state index in [1.54, 1.807) is 5.56 Å². The van der Waals surface area contributed by atoms with Gasteiger partial charge in [0.25, 0.3) is 0 Å². The SMILES string of the molecule is CCC1Cc2cc(O)cc(C)c2C12CCC2. The predicted molar refractivity (Wildman–Crippen MR) is 65.9 cm³/mol. The van der Waals surface area contributed by atoms with E-state index in [1.807, 2.05) is 12.1 Å². The summed E-state index contributed by atoms with van der Waals surface area (Å²) in [6, 6.07) is 3.94. The van der Waals surface area contributed by atoms with Gasteiger partial charge in [-0.2, -0.15) is 0 Å². The van der Waals surface area contributed by atoms with Crippen LogP contribution in [0.15, 0.2) is 12.1 Å². The Morgan fingerprint density at radius 2 is 2.12 bits per heavy atom. The maximum Gasteiger partial charge on any atom is 0.116 e. The number of rotatable bonds is 1. The number of fused-ring (bicyclic) bond motifs is 2. The fourth-order valence-electron chi connectivity index (χ4n) is 4.13. The van der Waals surface area contributed by atoms with E-state index in [-0.39, 0.29) is 0 Å². The predicted octanol–water partition coefficient (Wildman–Crippen LogP) is 3.70. The van der Waals surface area contributed by atoms with Crippen molar-refractivity contribution < 1.29 is 5.11 Å². The number of hydrogen-bond donors (Lipinski definition) is 1. The molecule has 3 rings (SSSR count). The van der Waals surface area contributed by atoms with Gasteiger partial charge in [0, 0.05) is 0 Å². The zero-order chi connectivity index (χ0) is 11.3. The molecule has 16 heavy (non-hydrogen) atoms. The quantitative estimate of drug-likeness (QED) is 0.758. The molecule has 86 valence electrons. The minimum absolute atomic E-state index is 0.447. The minimum atomic E-state index is 0.447. The Hall–Kier alpha value is -0.980. The third-order valence-corrected chi connectivity index (χ3v) is 4.89. The molecular weight excluding hydrogens is 196 g/mol. The van der Waals surface area contributed by atoms with Gasteiger partial charge in [-0.1, -0.05) is 19.8 Å². The summed E-state index contributed by atoms with van der Waals surface area (Å²) >= 11 is 0. The lowest BCUT2D eigenvalue weighted by Gasteiger charge is -2.45. The Labute approximate surface area is 97.5 Å². The number of hydrogen-bond acceptors (Lipinski definition) is 1. The molecule has 1 heteroatoms. The Bertz CT molecular complexity index is 429. The molecule has 1 atom stereocenters. The molecule has 1 aromatic rings. The topological polar surface area (TPSA) is 20.2 Å². The first-order valence-electron chi connectivity index (χ1n) is 6.50. The number of phenolic OH excluding ortho intramolecular Hbond substituents is 1. The summed E-state index contributed by atoms with van der Waals surface area (Å²) in [5, 5.41) is 9.70. The van der Waals surface area contributed by atoms with Crippen LogP contribution in [0.25, 0.3) is 0 Å². The third-order valence-electron chi connectivity index (χ3n) is 4.89. The smallest absolute Gasteiger partial charge is 0.116 e. The van der Waals surface area contributed by atoms with Gasteiger partial charge in [0.15, 0.2) is 0 Å². The van der Waals surface area contributed by atoms with Crippen molar-refractivity contribution in [3.8, 4) is 5.75 Å². The molecule has 1 fully saturated rings. The van der Waals surface area contributed by atoms with E-state index in [2.05, 4.69) is 13.8 Å². The van der Waals surface area contributed by atoms with Crippen LogP contribution in [0.3, 0.4) is 0 Å². The van der Waals surface area contributed by atoms with Gasteiger partial charge in [0.05, 0.1) is 0 Å². The van der Waals surface area contributed by atoms with Crippen molar-refractivity contribution in [1.82, 2.24) is 0 Å². The van der Waals surface area contributed by atoms with E-state index in [1.165, 1.54) is 43.2 Å². The maximum atomic E-state index is 9.70. The first-order valence-corrected chi connectivity index (χ1v) is 6.50. The lowest BCUT2D eigenvalue weighted by Crippen LogP contribution is -2.39. The van der Waals surface area contributed by atoms with Crippen LogP contribution in [0.1, 0.15) is 49.3 Å². The molecule has 0 aromatic heterocycles. The van der Waals surface area contributed by atoms with E-state index in [4.69, 9.17) is 0 Å². The van der Waals surface area contributed by atoms with Crippen LogP contribution in [0.5, 0.6) is 5.75 Å². The summed E-state index contributed by atoms with van der Waals surface area (Å²) in [5.74, 6) is 1.26. The van der Waals surface area contributed by atoms with E-state index in [0.717, 1.165) is 5.92 Å². The molecule has 0 aliphatic heterocycles. The molecule has 1 nitrogen and oxygen atoms in total. The van der Waals surface area contributed by atoms with Gasteiger partial charge in [-0.3, -0.25) is 0 Å². The molecule has 2 aliphatic carbocycles.